The molecule has 78 valence electrons. The second-order valence-electron chi connectivity index (χ2n) is 2.44. The molecule has 0 aliphatic rings. The first-order chi connectivity index (χ1) is 6.97. The largest absolute Gasteiger partial charge is 0.274 e. The minimum absolute atomic E-state index is 0.302. The fourth-order valence-electron chi connectivity index (χ4n) is 0.897. The van der Waals surface area contributed by atoms with Gasteiger partial charge in [-0.25, -0.2) is 13.8 Å². The molecule has 0 atom stereocenters. The Balaban J connectivity index is 3.44. The fourth-order valence-corrected chi connectivity index (χ4v) is 1.33. The number of rotatable bonds is 2. The molecular weight excluding hydrogens is 249 g/mol. The third-order valence-corrected chi connectivity index (χ3v) is 2.00. The summed E-state index contributed by atoms with van der Waals surface area (Å²) in [4.78, 5) is 14.1. The van der Waals surface area contributed by atoms with Crippen molar-refractivity contribution in [3.63, 3.8) is 0 Å². The van der Waals surface area contributed by atoms with Crippen molar-refractivity contribution in [1.29, 1.82) is 5.26 Å². The molecule has 0 saturated carbocycles. The number of alkyl halides is 2. The molecule has 0 radical (unpaired) electrons. The first-order valence-electron chi connectivity index (χ1n) is 3.56. The number of halogens is 4. The molecule has 3 nitrogen and oxygen atoms in total. The van der Waals surface area contributed by atoms with Crippen LogP contribution < -0.4 is 0 Å². The van der Waals surface area contributed by atoms with Crippen molar-refractivity contribution < 1.29 is 13.6 Å². The third kappa shape index (κ3) is 2.41. The SMILES string of the molecule is N#Cc1nc(C(=O)Cl)c(Cl)cc1C(F)F. The van der Waals surface area contributed by atoms with Crippen LogP contribution in [0.2, 0.25) is 5.02 Å². The highest BCUT2D eigenvalue weighted by atomic mass is 35.5. The van der Waals surface area contributed by atoms with Crippen molar-refractivity contribution in [2.75, 3.05) is 0 Å². The summed E-state index contributed by atoms with van der Waals surface area (Å²) in [7, 11) is 0. The highest BCUT2D eigenvalue weighted by molar-refractivity contribution is 6.68. The summed E-state index contributed by atoms with van der Waals surface area (Å²) in [5, 5.41) is 7.22. The first-order valence-corrected chi connectivity index (χ1v) is 4.31. The summed E-state index contributed by atoms with van der Waals surface area (Å²) >= 11 is 10.6. The Morgan fingerprint density at radius 1 is 1.60 bits per heavy atom. The van der Waals surface area contributed by atoms with Crippen molar-refractivity contribution in [2.24, 2.45) is 0 Å². The van der Waals surface area contributed by atoms with E-state index < -0.39 is 28.6 Å². The van der Waals surface area contributed by atoms with E-state index >= 15 is 0 Å². The smallest absolute Gasteiger partial charge is 0.272 e. The minimum atomic E-state index is -2.89. The van der Waals surface area contributed by atoms with E-state index in [0.717, 1.165) is 6.07 Å². The molecule has 0 bridgehead atoms. The second kappa shape index (κ2) is 4.51. The summed E-state index contributed by atoms with van der Waals surface area (Å²) in [5.41, 5.74) is -1.58. The van der Waals surface area contributed by atoms with Gasteiger partial charge in [0.2, 0.25) is 0 Å². The van der Waals surface area contributed by atoms with Crippen LogP contribution in [0.15, 0.2) is 6.07 Å². The van der Waals surface area contributed by atoms with Gasteiger partial charge in [0.15, 0.2) is 0 Å². The van der Waals surface area contributed by atoms with Gasteiger partial charge in [-0.3, -0.25) is 4.79 Å². The van der Waals surface area contributed by atoms with Crippen LogP contribution in [0.3, 0.4) is 0 Å². The van der Waals surface area contributed by atoms with E-state index in [-0.39, 0.29) is 5.02 Å². The maximum atomic E-state index is 12.4. The van der Waals surface area contributed by atoms with E-state index in [2.05, 4.69) is 4.98 Å². The lowest BCUT2D eigenvalue weighted by Gasteiger charge is -2.04. The number of carbonyl (C=O) groups excluding carboxylic acids is 1. The Hall–Kier alpha value is -1.25. The average Bonchev–Trinajstić information content (AvgIpc) is 2.16. The van der Waals surface area contributed by atoms with Crippen molar-refractivity contribution in [3.8, 4) is 6.07 Å². The van der Waals surface area contributed by atoms with E-state index in [0.29, 0.717) is 0 Å². The molecule has 0 aromatic carbocycles. The van der Waals surface area contributed by atoms with Gasteiger partial charge in [-0.2, -0.15) is 5.26 Å². The predicted octanol–water partition coefficient (Wildman–Crippen LogP) is 2.92. The zero-order valence-corrected chi connectivity index (χ0v) is 8.48. The number of hydrogen-bond acceptors (Lipinski definition) is 3. The first kappa shape index (κ1) is 11.8. The van der Waals surface area contributed by atoms with Gasteiger partial charge in [0, 0.05) is 0 Å². The molecular formula is C8H2Cl2F2N2O. The average molecular weight is 251 g/mol. The van der Waals surface area contributed by atoms with Gasteiger partial charge in [0.1, 0.15) is 17.5 Å². The second-order valence-corrected chi connectivity index (χ2v) is 3.19. The highest BCUT2D eigenvalue weighted by Crippen LogP contribution is 2.27. The van der Waals surface area contributed by atoms with Crippen molar-refractivity contribution in [3.05, 3.63) is 28.0 Å². The van der Waals surface area contributed by atoms with Gasteiger partial charge in [-0.05, 0) is 17.7 Å². The maximum absolute atomic E-state index is 12.4. The van der Waals surface area contributed by atoms with Crippen LogP contribution in [0.4, 0.5) is 8.78 Å². The number of aromatic nitrogens is 1. The lowest BCUT2D eigenvalue weighted by Crippen LogP contribution is -2.02. The third-order valence-electron chi connectivity index (χ3n) is 1.53. The molecule has 0 amide bonds. The summed E-state index contributed by atoms with van der Waals surface area (Å²) in [6.07, 6.45) is -2.89. The number of carbonyl (C=O) groups is 1. The maximum Gasteiger partial charge on any atom is 0.272 e. The van der Waals surface area contributed by atoms with Gasteiger partial charge in [0.05, 0.1) is 10.6 Å². The molecule has 1 aromatic heterocycles. The molecule has 1 heterocycles. The molecule has 0 aliphatic carbocycles. The van der Waals surface area contributed by atoms with Crippen LogP contribution in [0, 0.1) is 11.3 Å². The topological polar surface area (TPSA) is 53.8 Å². The van der Waals surface area contributed by atoms with Gasteiger partial charge in [-0.1, -0.05) is 11.6 Å². The molecule has 0 N–H and O–H groups in total. The number of pyridine rings is 1. The molecule has 0 spiro atoms. The number of hydrogen-bond donors (Lipinski definition) is 0. The van der Waals surface area contributed by atoms with Crippen LogP contribution >= 0.6 is 23.2 Å². The molecule has 1 aromatic rings. The van der Waals surface area contributed by atoms with Gasteiger partial charge in [-0.15, -0.1) is 0 Å². The normalized spacial score (nSPS) is 10.1. The fraction of sp³-hybridized carbons (Fsp3) is 0.125. The monoisotopic (exact) mass is 250 g/mol. The van der Waals surface area contributed by atoms with E-state index in [1.807, 2.05) is 0 Å². The van der Waals surface area contributed by atoms with E-state index in [1.165, 1.54) is 6.07 Å². The Labute approximate surface area is 93.2 Å². The minimum Gasteiger partial charge on any atom is -0.274 e. The van der Waals surface area contributed by atoms with Crippen molar-refractivity contribution in [1.82, 2.24) is 4.98 Å². The molecule has 0 fully saturated rings. The molecule has 7 heteroatoms. The van der Waals surface area contributed by atoms with Crippen LogP contribution in [-0.4, -0.2) is 10.2 Å². The summed E-state index contributed by atoms with van der Waals surface area (Å²) < 4.78 is 24.7. The van der Waals surface area contributed by atoms with Crippen molar-refractivity contribution in [2.45, 2.75) is 6.43 Å². The van der Waals surface area contributed by atoms with E-state index in [4.69, 9.17) is 28.5 Å². The Morgan fingerprint density at radius 3 is 2.60 bits per heavy atom. The lowest BCUT2D eigenvalue weighted by molar-refractivity contribution is 0.107. The van der Waals surface area contributed by atoms with E-state index in [9.17, 15) is 13.6 Å². The molecule has 0 aliphatic heterocycles. The lowest BCUT2D eigenvalue weighted by atomic mass is 10.2. The quantitative estimate of drug-likeness (QED) is 0.759. The zero-order valence-electron chi connectivity index (χ0n) is 6.97. The zero-order chi connectivity index (χ0) is 11.6. The Morgan fingerprint density at radius 2 is 2.20 bits per heavy atom. The van der Waals surface area contributed by atoms with Crippen LogP contribution in [0.1, 0.15) is 28.2 Å². The van der Waals surface area contributed by atoms with Crippen LogP contribution in [0.5, 0.6) is 0 Å². The van der Waals surface area contributed by atoms with Gasteiger partial charge in [0.25, 0.3) is 11.7 Å². The van der Waals surface area contributed by atoms with Crippen LogP contribution in [-0.2, 0) is 0 Å². The summed E-state index contributed by atoms with van der Waals surface area (Å²) in [5.74, 6) is 0. The molecule has 15 heavy (non-hydrogen) atoms. The van der Waals surface area contributed by atoms with Crippen molar-refractivity contribution >= 4 is 28.4 Å². The van der Waals surface area contributed by atoms with E-state index in [1.54, 1.807) is 0 Å². The predicted molar refractivity (Wildman–Crippen MR) is 49.1 cm³/mol. The molecule has 1 rings (SSSR count). The molecule has 0 saturated heterocycles. The standard InChI is InChI=1S/C8H2Cl2F2N2O/c9-4-1-3(8(11)12)5(2-13)14-6(4)7(10)15/h1,8H. The summed E-state index contributed by atoms with van der Waals surface area (Å²) in [6, 6.07) is 2.25. The van der Waals surface area contributed by atoms with Gasteiger partial charge >= 0.3 is 0 Å². The number of nitrogens with zero attached hydrogens (tertiary/aromatic N) is 2. The van der Waals surface area contributed by atoms with Crippen LogP contribution in [0.25, 0.3) is 0 Å². The number of nitriles is 1. The van der Waals surface area contributed by atoms with Gasteiger partial charge < -0.3 is 0 Å². The summed E-state index contributed by atoms with van der Waals surface area (Å²) in [6.45, 7) is 0. The Kier molecular flexibility index (Phi) is 3.56. The highest BCUT2D eigenvalue weighted by Gasteiger charge is 2.20. The molecule has 0 unspecified atom stereocenters. The Bertz CT molecular complexity index is 457.